The quantitative estimate of drug-likeness (QED) is 0.737. The van der Waals surface area contributed by atoms with Crippen LogP contribution < -0.4 is 0 Å². The monoisotopic (exact) mass is 188 g/mol. The summed E-state index contributed by atoms with van der Waals surface area (Å²) >= 11 is 0. The van der Waals surface area contributed by atoms with Gasteiger partial charge in [0.2, 0.25) is 0 Å². The van der Waals surface area contributed by atoms with Gasteiger partial charge in [0.15, 0.2) is 0 Å². The number of hydrogen-bond acceptors (Lipinski definition) is 1. The van der Waals surface area contributed by atoms with Crippen LogP contribution in [0.5, 0.6) is 0 Å². The fraction of sp³-hybridized carbons (Fsp3) is 0.250. The van der Waals surface area contributed by atoms with E-state index in [-0.39, 0.29) is 17.8 Å². The van der Waals surface area contributed by atoms with Crippen molar-refractivity contribution in [2.24, 2.45) is 17.8 Å². The van der Waals surface area contributed by atoms with E-state index in [0.717, 1.165) is 0 Å². The molecule has 0 aliphatic heterocycles. The lowest BCUT2D eigenvalue weighted by Gasteiger charge is -2.20. The summed E-state index contributed by atoms with van der Waals surface area (Å²) in [6.07, 6.45) is 15.4. The van der Waals surface area contributed by atoms with Crippen molar-refractivity contribution < 1.29 is 9.90 Å². The predicted octanol–water partition coefficient (Wildman–Crippen LogP) is 2.17. The molecule has 2 rings (SSSR count). The molecule has 0 radical (unpaired) electrons. The third-order valence-electron chi connectivity index (χ3n) is 2.67. The standard InChI is InChI=1S/C12H12O2/c13-12(14)11(9-5-1-2-6-9)10-7-3-4-8-10/h1-11H,(H,13,14). The number of rotatable bonds is 3. The molecule has 2 nitrogen and oxygen atoms in total. The molecule has 0 saturated carbocycles. The second kappa shape index (κ2) is 3.66. The summed E-state index contributed by atoms with van der Waals surface area (Å²) in [5.74, 6) is -1.03. The summed E-state index contributed by atoms with van der Waals surface area (Å²) in [6, 6.07) is 0. The molecule has 0 saturated heterocycles. The average Bonchev–Trinajstić information content (AvgIpc) is 2.75. The Labute approximate surface area is 82.9 Å². The van der Waals surface area contributed by atoms with Crippen LogP contribution in [0.4, 0.5) is 0 Å². The van der Waals surface area contributed by atoms with Crippen LogP contribution in [0.15, 0.2) is 48.6 Å². The first kappa shape index (κ1) is 9.00. The van der Waals surface area contributed by atoms with Crippen LogP contribution in [-0.2, 0) is 4.79 Å². The highest BCUT2D eigenvalue weighted by Gasteiger charge is 2.31. The molecule has 0 aromatic heterocycles. The van der Waals surface area contributed by atoms with E-state index in [1.165, 1.54) is 0 Å². The van der Waals surface area contributed by atoms with Crippen molar-refractivity contribution in [3.63, 3.8) is 0 Å². The van der Waals surface area contributed by atoms with Crippen molar-refractivity contribution in [2.75, 3.05) is 0 Å². The summed E-state index contributed by atoms with van der Waals surface area (Å²) in [5, 5.41) is 9.16. The van der Waals surface area contributed by atoms with Gasteiger partial charge in [0.1, 0.15) is 0 Å². The molecule has 0 spiro atoms. The molecule has 72 valence electrons. The molecular formula is C12H12O2. The predicted molar refractivity (Wildman–Crippen MR) is 54.7 cm³/mol. The molecule has 0 atom stereocenters. The Kier molecular flexibility index (Phi) is 2.35. The highest BCUT2D eigenvalue weighted by molar-refractivity contribution is 5.72. The minimum Gasteiger partial charge on any atom is -0.481 e. The molecular weight excluding hydrogens is 176 g/mol. The van der Waals surface area contributed by atoms with Gasteiger partial charge in [-0.05, 0) is 0 Å². The molecule has 0 aromatic rings. The maximum absolute atomic E-state index is 11.1. The maximum Gasteiger partial charge on any atom is 0.308 e. The topological polar surface area (TPSA) is 37.3 Å². The molecule has 0 aromatic carbocycles. The number of aliphatic carboxylic acids is 1. The molecule has 1 N–H and O–H groups in total. The van der Waals surface area contributed by atoms with E-state index in [0.29, 0.717) is 0 Å². The van der Waals surface area contributed by atoms with Crippen LogP contribution in [0.2, 0.25) is 0 Å². The van der Waals surface area contributed by atoms with E-state index in [9.17, 15) is 4.79 Å². The molecule has 2 aliphatic rings. The van der Waals surface area contributed by atoms with E-state index >= 15 is 0 Å². The smallest absolute Gasteiger partial charge is 0.308 e. The van der Waals surface area contributed by atoms with Gasteiger partial charge >= 0.3 is 5.97 Å². The molecule has 14 heavy (non-hydrogen) atoms. The van der Waals surface area contributed by atoms with E-state index in [2.05, 4.69) is 0 Å². The lowest BCUT2D eigenvalue weighted by atomic mass is 9.83. The van der Waals surface area contributed by atoms with Crippen molar-refractivity contribution in [1.29, 1.82) is 0 Å². The Morgan fingerprint density at radius 2 is 1.29 bits per heavy atom. The minimum atomic E-state index is -0.729. The first-order valence-electron chi connectivity index (χ1n) is 4.72. The van der Waals surface area contributed by atoms with Crippen LogP contribution in [0.3, 0.4) is 0 Å². The first-order chi connectivity index (χ1) is 6.79. The van der Waals surface area contributed by atoms with Gasteiger partial charge in [0.05, 0.1) is 5.92 Å². The largest absolute Gasteiger partial charge is 0.481 e. The summed E-state index contributed by atoms with van der Waals surface area (Å²) < 4.78 is 0. The average molecular weight is 188 g/mol. The zero-order valence-electron chi connectivity index (χ0n) is 7.71. The van der Waals surface area contributed by atoms with Crippen molar-refractivity contribution in [2.45, 2.75) is 0 Å². The Morgan fingerprint density at radius 3 is 1.57 bits per heavy atom. The van der Waals surface area contributed by atoms with E-state index in [1.807, 2.05) is 48.6 Å². The second-order valence-electron chi connectivity index (χ2n) is 3.56. The number of allylic oxidation sites excluding steroid dienone is 8. The molecule has 2 aliphatic carbocycles. The fourth-order valence-corrected chi connectivity index (χ4v) is 1.96. The first-order valence-corrected chi connectivity index (χ1v) is 4.72. The lowest BCUT2D eigenvalue weighted by Crippen LogP contribution is -2.26. The highest BCUT2D eigenvalue weighted by Crippen LogP contribution is 2.30. The van der Waals surface area contributed by atoms with Gasteiger partial charge in [-0.25, -0.2) is 0 Å². The van der Waals surface area contributed by atoms with Crippen LogP contribution >= 0.6 is 0 Å². The Bertz CT molecular complexity index is 295. The third kappa shape index (κ3) is 1.55. The number of carbonyl (C=O) groups is 1. The Hall–Kier alpha value is -1.57. The molecule has 0 heterocycles. The minimum absolute atomic E-state index is 0.0323. The lowest BCUT2D eigenvalue weighted by molar-refractivity contribution is -0.143. The van der Waals surface area contributed by atoms with Gasteiger partial charge in [-0.3, -0.25) is 4.79 Å². The molecule has 0 unspecified atom stereocenters. The van der Waals surface area contributed by atoms with E-state index in [1.54, 1.807) is 0 Å². The Morgan fingerprint density at radius 1 is 0.929 bits per heavy atom. The normalized spacial score (nSPS) is 20.4. The summed E-state index contributed by atoms with van der Waals surface area (Å²) in [6.45, 7) is 0. The van der Waals surface area contributed by atoms with Gasteiger partial charge in [0, 0.05) is 11.8 Å². The summed E-state index contributed by atoms with van der Waals surface area (Å²) in [5.41, 5.74) is 0. The van der Waals surface area contributed by atoms with Crippen molar-refractivity contribution in [3.8, 4) is 0 Å². The maximum atomic E-state index is 11.1. The molecule has 0 amide bonds. The van der Waals surface area contributed by atoms with E-state index in [4.69, 9.17) is 5.11 Å². The zero-order chi connectivity index (χ0) is 9.97. The summed E-state index contributed by atoms with van der Waals surface area (Å²) in [4.78, 5) is 11.1. The number of carboxylic acid groups (broad SMARTS) is 1. The van der Waals surface area contributed by atoms with Crippen molar-refractivity contribution in [3.05, 3.63) is 48.6 Å². The van der Waals surface area contributed by atoms with Crippen LogP contribution in [0.1, 0.15) is 0 Å². The summed E-state index contributed by atoms with van der Waals surface area (Å²) in [7, 11) is 0. The number of carboxylic acids is 1. The van der Waals surface area contributed by atoms with Crippen molar-refractivity contribution >= 4 is 5.97 Å². The van der Waals surface area contributed by atoms with Crippen LogP contribution in [-0.4, -0.2) is 11.1 Å². The van der Waals surface area contributed by atoms with E-state index < -0.39 is 5.97 Å². The van der Waals surface area contributed by atoms with Gasteiger partial charge in [-0.15, -0.1) is 0 Å². The third-order valence-corrected chi connectivity index (χ3v) is 2.67. The van der Waals surface area contributed by atoms with Crippen molar-refractivity contribution in [1.82, 2.24) is 0 Å². The van der Waals surface area contributed by atoms with Gasteiger partial charge < -0.3 is 5.11 Å². The second-order valence-corrected chi connectivity index (χ2v) is 3.56. The van der Waals surface area contributed by atoms with Crippen LogP contribution in [0.25, 0.3) is 0 Å². The SMILES string of the molecule is O=C(O)C(C1C=CC=C1)C1C=CC=C1. The van der Waals surface area contributed by atoms with Gasteiger partial charge in [-0.2, -0.15) is 0 Å². The fourth-order valence-electron chi connectivity index (χ4n) is 1.96. The van der Waals surface area contributed by atoms with Crippen LogP contribution in [0, 0.1) is 17.8 Å². The van der Waals surface area contributed by atoms with Gasteiger partial charge in [0.25, 0.3) is 0 Å². The highest BCUT2D eigenvalue weighted by atomic mass is 16.4. The number of hydrogen-bond donors (Lipinski definition) is 1. The molecule has 2 heteroatoms. The van der Waals surface area contributed by atoms with Gasteiger partial charge in [-0.1, -0.05) is 48.6 Å². The Balaban J connectivity index is 2.19. The zero-order valence-corrected chi connectivity index (χ0v) is 7.71. The molecule has 0 bridgehead atoms. The molecule has 0 fully saturated rings.